The van der Waals surface area contributed by atoms with Crippen molar-refractivity contribution in [3.8, 4) is 5.75 Å². The fourth-order valence-corrected chi connectivity index (χ4v) is 4.57. The molecule has 0 bridgehead atoms. The third-order valence-corrected chi connectivity index (χ3v) is 6.65. The van der Waals surface area contributed by atoms with E-state index >= 15 is 0 Å². The molecule has 34 heavy (non-hydrogen) atoms. The van der Waals surface area contributed by atoms with Gasteiger partial charge in [0.25, 0.3) is 0 Å². The van der Waals surface area contributed by atoms with E-state index in [4.69, 9.17) is 4.74 Å². The predicted molar refractivity (Wildman–Crippen MR) is 141 cm³/mol. The van der Waals surface area contributed by atoms with Gasteiger partial charge in [0.05, 0.1) is 0 Å². The standard InChI is InChI=1S/C30H36N2O2/c1-22(2)26-11-12-27(30(33)29(19-26)34-21-25-8-6-5-7-9-25)20-31-14-16-32(17-15-31)28-13-10-23(3)18-24(28)4/h5-13,18-19,22H,14-17,20-21H2,1-4H3. The molecule has 0 aromatic heterocycles. The molecular weight excluding hydrogens is 420 g/mol. The molecule has 0 N–H and O–H groups in total. The van der Waals surface area contributed by atoms with Gasteiger partial charge in [-0.25, -0.2) is 0 Å². The number of nitrogens with zero attached hydrogens (tertiary/aromatic N) is 2. The molecule has 0 spiro atoms. The first kappa shape index (κ1) is 24.0. The topological polar surface area (TPSA) is 32.8 Å². The summed E-state index contributed by atoms with van der Waals surface area (Å²) in [5.41, 5.74) is 6.92. The van der Waals surface area contributed by atoms with Crippen molar-refractivity contribution in [3.63, 3.8) is 0 Å². The van der Waals surface area contributed by atoms with Crippen LogP contribution in [0.15, 0.2) is 71.5 Å². The molecule has 0 radical (unpaired) electrons. The molecule has 4 nitrogen and oxygen atoms in total. The van der Waals surface area contributed by atoms with Crippen LogP contribution >= 0.6 is 0 Å². The maximum atomic E-state index is 13.4. The van der Waals surface area contributed by atoms with Crippen LogP contribution in [0.25, 0.3) is 0 Å². The van der Waals surface area contributed by atoms with Crippen molar-refractivity contribution in [2.45, 2.75) is 46.8 Å². The van der Waals surface area contributed by atoms with Gasteiger partial charge in [-0.05, 0) is 48.6 Å². The van der Waals surface area contributed by atoms with Crippen LogP contribution < -0.4 is 15.1 Å². The molecule has 1 saturated heterocycles. The largest absolute Gasteiger partial charge is 0.485 e. The number of anilines is 1. The van der Waals surface area contributed by atoms with Crippen molar-refractivity contribution in [2.75, 3.05) is 31.1 Å². The molecule has 1 fully saturated rings. The minimum absolute atomic E-state index is 0.000334. The summed E-state index contributed by atoms with van der Waals surface area (Å²) < 4.78 is 6.06. The summed E-state index contributed by atoms with van der Waals surface area (Å²) >= 11 is 0. The van der Waals surface area contributed by atoms with E-state index in [0.29, 0.717) is 24.8 Å². The lowest BCUT2D eigenvalue weighted by Gasteiger charge is -2.36. The average molecular weight is 457 g/mol. The number of benzene rings is 2. The van der Waals surface area contributed by atoms with Crippen molar-refractivity contribution in [2.24, 2.45) is 0 Å². The van der Waals surface area contributed by atoms with Gasteiger partial charge in [-0.1, -0.05) is 74.0 Å². The van der Waals surface area contributed by atoms with Crippen molar-refractivity contribution in [1.29, 1.82) is 0 Å². The highest BCUT2D eigenvalue weighted by atomic mass is 16.5. The van der Waals surface area contributed by atoms with Crippen LogP contribution in [-0.2, 0) is 13.2 Å². The van der Waals surface area contributed by atoms with Gasteiger partial charge in [0.2, 0.25) is 5.43 Å². The maximum Gasteiger partial charge on any atom is 0.224 e. The van der Waals surface area contributed by atoms with Gasteiger partial charge in [-0.2, -0.15) is 0 Å². The van der Waals surface area contributed by atoms with Crippen LogP contribution in [-0.4, -0.2) is 31.1 Å². The lowest BCUT2D eigenvalue weighted by Crippen LogP contribution is -2.46. The van der Waals surface area contributed by atoms with E-state index in [0.717, 1.165) is 42.9 Å². The Morgan fingerprint density at radius 3 is 2.29 bits per heavy atom. The quantitative estimate of drug-likeness (QED) is 0.457. The molecule has 3 aromatic rings. The predicted octanol–water partition coefficient (Wildman–Crippen LogP) is 5.69. The zero-order valence-electron chi connectivity index (χ0n) is 20.9. The molecule has 4 rings (SSSR count). The number of piperazine rings is 1. The van der Waals surface area contributed by atoms with Gasteiger partial charge in [-0.3, -0.25) is 9.69 Å². The Balaban J connectivity index is 1.49. The molecule has 1 heterocycles. The van der Waals surface area contributed by atoms with E-state index in [9.17, 15) is 4.79 Å². The first-order valence-corrected chi connectivity index (χ1v) is 12.3. The highest BCUT2D eigenvalue weighted by Crippen LogP contribution is 2.23. The van der Waals surface area contributed by atoms with Crippen LogP contribution in [0, 0.1) is 13.8 Å². The summed E-state index contributed by atoms with van der Waals surface area (Å²) in [6.45, 7) is 13.4. The number of ether oxygens (including phenoxy) is 1. The van der Waals surface area contributed by atoms with Gasteiger partial charge in [0.1, 0.15) is 6.61 Å². The molecular formula is C30H36N2O2. The summed E-state index contributed by atoms with van der Waals surface area (Å²) in [4.78, 5) is 18.3. The molecule has 0 amide bonds. The van der Waals surface area contributed by atoms with E-state index in [1.165, 1.54) is 16.8 Å². The summed E-state index contributed by atoms with van der Waals surface area (Å²) in [6, 6.07) is 22.7. The lowest BCUT2D eigenvalue weighted by atomic mass is 10.1. The number of hydrogen-bond acceptors (Lipinski definition) is 4. The zero-order chi connectivity index (χ0) is 24.1. The fraction of sp³-hybridized carbons (Fsp3) is 0.367. The Morgan fingerprint density at radius 1 is 0.882 bits per heavy atom. The van der Waals surface area contributed by atoms with Gasteiger partial charge >= 0.3 is 0 Å². The van der Waals surface area contributed by atoms with Crippen LogP contribution in [0.5, 0.6) is 5.75 Å². The number of rotatable bonds is 7. The van der Waals surface area contributed by atoms with E-state index in [-0.39, 0.29) is 5.43 Å². The molecule has 4 heteroatoms. The highest BCUT2D eigenvalue weighted by molar-refractivity contribution is 5.54. The summed E-state index contributed by atoms with van der Waals surface area (Å²) in [5.74, 6) is 0.765. The Kier molecular flexibility index (Phi) is 7.69. The first-order chi connectivity index (χ1) is 16.4. The number of aryl methyl sites for hydroxylation is 2. The highest BCUT2D eigenvalue weighted by Gasteiger charge is 2.20. The normalized spacial score (nSPS) is 14.4. The van der Waals surface area contributed by atoms with Crippen molar-refractivity contribution >= 4 is 5.69 Å². The Hall–Kier alpha value is -3.11. The molecule has 1 aliphatic heterocycles. The second kappa shape index (κ2) is 10.9. The molecule has 0 atom stereocenters. The van der Waals surface area contributed by atoms with E-state index in [1.807, 2.05) is 42.5 Å². The lowest BCUT2D eigenvalue weighted by molar-refractivity contribution is 0.248. The minimum atomic E-state index is -0.000334. The van der Waals surface area contributed by atoms with Crippen LogP contribution in [0.4, 0.5) is 5.69 Å². The molecule has 178 valence electrons. The molecule has 0 saturated carbocycles. The van der Waals surface area contributed by atoms with Gasteiger partial charge in [0, 0.05) is 44.0 Å². The Labute approximate surface area is 203 Å². The monoisotopic (exact) mass is 456 g/mol. The van der Waals surface area contributed by atoms with Gasteiger partial charge in [0.15, 0.2) is 5.75 Å². The first-order valence-electron chi connectivity index (χ1n) is 12.3. The zero-order valence-corrected chi connectivity index (χ0v) is 20.9. The van der Waals surface area contributed by atoms with E-state index in [2.05, 4.69) is 61.8 Å². The maximum absolute atomic E-state index is 13.4. The van der Waals surface area contributed by atoms with Crippen LogP contribution in [0.2, 0.25) is 0 Å². The number of hydrogen-bond donors (Lipinski definition) is 0. The molecule has 0 unspecified atom stereocenters. The molecule has 1 aliphatic rings. The average Bonchev–Trinajstić information content (AvgIpc) is 2.98. The third-order valence-electron chi connectivity index (χ3n) is 6.65. The fourth-order valence-electron chi connectivity index (χ4n) is 4.57. The minimum Gasteiger partial charge on any atom is -0.485 e. The SMILES string of the molecule is Cc1ccc(N2CCN(Cc3ccc(C(C)C)cc(OCc4ccccc4)c3=O)CC2)c(C)c1. The van der Waals surface area contributed by atoms with Crippen molar-refractivity contribution in [1.82, 2.24) is 4.90 Å². The van der Waals surface area contributed by atoms with Gasteiger partial charge < -0.3 is 9.64 Å². The van der Waals surface area contributed by atoms with Crippen LogP contribution in [0.3, 0.4) is 0 Å². The molecule has 3 aromatic carbocycles. The summed E-state index contributed by atoms with van der Waals surface area (Å²) in [7, 11) is 0. The van der Waals surface area contributed by atoms with Gasteiger partial charge in [-0.15, -0.1) is 0 Å². The van der Waals surface area contributed by atoms with Crippen molar-refractivity contribution in [3.05, 3.63) is 105 Å². The van der Waals surface area contributed by atoms with E-state index in [1.54, 1.807) is 0 Å². The van der Waals surface area contributed by atoms with Crippen molar-refractivity contribution < 1.29 is 4.74 Å². The second-order valence-electron chi connectivity index (χ2n) is 9.68. The Morgan fingerprint density at radius 2 is 1.62 bits per heavy atom. The third kappa shape index (κ3) is 5.87. The van der Waals surface area contributed by atoms with Crippen LogP contribution in [0.1, 0.15) is 47.6 Å². The second-order valence-corrected chi connectivity index (χ2v) is 9.68. The molecule has 0 aliphatic carbocycles. The summed E-state index contributed by atoms with van der Waals surface area (Å²) in [5, 5.41) is 0. The summed E-state index contributed by atoms with van der Waals surface area (Å²) in [6.07, 6.45) is 0. The Bertz CT molecular complexity index is 1170. The van der Waals surface area contributed by atoms with E-state index < -0.39 is 0 Å². The smallest absolute Gasteiger partial charge is 0.224 e.